The molecule has 27 heavy (non-hydrogen) atoms. The third-order valence-electron chi connectivity index (χ3n) is 4.10. The van der Waals surface area contributed by atoms with Crippen LogP contribution in [0.4, 0.5) is 5.69 Å². The molecule has 1 aromatic carbocycles. The molecule has 3 aromatic rings. The Bertz CT molecular complexity index is 948. The quantitative estimate of drug-likeness (QED) is 0.725. The summed E-state index contributed by atoms with van der Waals surface area (Å²) in [7, 11) is 3.16. The van der Waals surface area contributed by atoms with Crippen molar-refractivity contribution in [1.29, 1.82) is 0 Å². The van der Waals surface area contributed by atoms with Gasteiger partial charge in [0.15, 0.2) is 5.82 Å². The van der Waals surface area contributed by atoms with Crippen LogP contribution in [-0.4, -0.2) is 34.9 Å². The largest absolute Gasteiger partial charge is 0.497 e. The van der Waals surface area contributed by atoms with Crippen molar-refractivity contribution in [2.75, 3.05) is 19.5 Å². The number of hydrogen-bond acceptors (Lipinski definition) is 5. The summed E-state index contributed by atoms with van der Waals surface area (Å²) in [4.78, 5) is 16.8. The van der Waals surface area contributed by atoms with Gasteiger partial charge < -0.3 is 14.8 Å². The molecule has 0 unspecified atom stereocenters. The molecule has 0 radical (unpaired) electrons. The molecule has 140 valence electrons. The predicted molar refractivity (Wildman–Crippen MR) is 103 cm³/mol. The normalized spacial score (nSPS) is 10.5. The molecular formula is C20H22N4O3. The van der Waals surface area contributed by atoms with Gasteiger partial charge in [0.05, 0.1) is 38.2 Å². The lowest BCUT2D eigenvalue weighted by Gasteiger charge is -2.11. The molecule has 0 aliphatic heterocycles. The second kappa shape index (κ2) is 7.90. The highest BCUT2D eigenvalue weighted by atomic mass is 16.5. The maximum absolute atomic E-state index is 12.4. The summed E-state index contributed by atoms with van der Waals surface area (Å²) < 4.78 is 12.3. The van der Waals surface area contributed by atoms with Gasteiger partial charge in [0.1, 0.15) is 11.5 Å². The summed E-state index contributed by atoms with van der Waals surface area (Å²) in [5.74, 6) is 1.86. The molecule has 7 nitrogen and oxygen atoms in total. The molecule has 3 rings (SSSR count). The lowest BCUT2D eigenvalue weighted by molar-refractivity contribution is -0.115. The highest BCUT2D eigenvalue weighted by Crippen LogP contribution is 2.24. The maximum Gasteiger partial charge on any atom is 0.228 e. The zero-order chi connectivity index (χ0) is 19.4. The number of nitrogens with one attached hydrogen (secondary N) is 1. The standard InChI is InChI=1S/C20H22N4O3/c1-13-9-14(2)24(23-13)19-8-5-16(12-21-19)22-20(25)11-15-10-17(26-3)6-7-18(15)27-4/h5-10,12H,11H2,1-4H3,(H,22,25). The van der Waals surface area contributed by atoms with Gasteiger partial charge in [0.2, 0.25) is 5.91 Å². The van der Waals surface area contributed by atoms with Crippen LogP contribution in [0.1, 0.15) is 17.0 Å². The summed E-state index contributed by atoms with van der Waals surface area (Å²) in [6.07, 6.45) is 1.78. The van der Waals surface area contributed by atoms with Crippen molar-refractivity contribution in [1.82, 2.24) is 14.8 Å². The molecule has 0 fully saturated rings. The molecule has 7 heteroatoms. The van der Waals surface area contributed by atoms with Crippen molar-refractivity contribution in [3.05, 3.63) is 59.5 Å². The Hall–Kier alpha value is -3.35. The molecule has 0 aliphatic carbocycles. The van der Waals surface area contributed by atoms with Crippen molar-refractivity contribution >= 4 is 11.6 Å². The van der Waals surface area contributed by atoms with Crippen LogP contribution in [0.5, 0.6) is 11.5 Å². The van der Waals surface area contributed by atoms with Crippen LogP contribution in [0.15, 0.2) is 42.6 Å². The van der Waals surface area contributed by atoms with Gasteiger partial charge in [-0.1, -0.05) is 0 Å². The number of ether oxygens (including phenoxy) is 2. The van der Waals surface area contributed by atoms with Gasteiger partial charge in [0.25, 0.3) is 0 Å². The van der Waals surface area contributed by atoms with Gasteiger partial charge in [-0.25, -0.2) is 9.67 Å². The topological polar surface area (TPSA) is 78.3 Å². The van der Waals surface area contributed by atoms with Gasteiger partial charge in [0, 0.05) is 11.3 Å². The van der Waals surface area contributed by atoms with E-state index < -0.39 is 0 Å². The second-order valence-electron chi connectivity index (χ2n) is 6.15. The van der Waals surface area contributed by atoms with Crippen LogP contribution >= 0.6 is 0 Å². The van der Waals surface area contributed by atoms with Crippen LogP contribution in [-0.2, 0) is 11.2 Å². The fourth-order valence-corrected chi connectivity index (χ4v) is 2.84. The van der Waals surface area contributed by atoms with Crippen LogP contribution in [0.3, 0.4) is 0 Å². The molecule has 0 bridgehead atoms. The third kappa shape index (κ3) is 4.25. The number of anilines is 1. The minimum Gasteiger partial charge on any atom is -0.497 e. The summed E-state index contributed by atoms with van der Waals surface area (Å²) in [5.41, 5.74) is 3.30. The maximum atomic E-state index is 12.4. The zero-order valence-corrected chi connectivity index (χ0v) is 15.8. The molecule has 0 spiro atoms. The number of carbonyl (C=O) groups excluding carboxylic acids is 1. The van der Waals surface area contributed by atoms with E-state index >= 15 is 0 Å². The number of pyridine rings is 1. The van der Waals surface area contributed by atoms with E-state index in [-0.39, 0.29) is 12.3 Å². The molecule has 0 saturated heterocycles. The fraction of sp³-hybridized carbons (Fsp3) is 0.250. The Morgan fingerprint density at radius 1 is 1.11 bits per heavy atom. The number of aromatic nitrogens is 3. The minimum atomic E-state index is -0.165. The van der Waals surface area contributed by atoms with Crippen molar-refractivity contribution in [3.63, 3.8) is 0 Å². The van der Waals surface area contributed by atoms with E-state index in [1.165, 1.54) is 0 Å². The van der Waals surface area contributed by atoms with Gasteiger partial charge in [-0.2, -0.15) is 5.10 Å². The molecule has 1 amide bonds. The summed E-state index contributed by atoms with van der Waals surface area (Å²) in [5, 5.41) is 7.25. The smallest absolute Gasteiger partial charge is 0.228 e. The first-order chi connectivity index (χ1) is 13.0. The first-order valence-corrected chi connectivity index (χ1v) is 8.50. The highest BCUT2D eigenvalue weighted by molar-refractivity contribution is 5.92. The fourth-order valence-electron chi connectivity index (χ4n) is 2.84. The average Bonchev–Trinajstić information content (AvgIpc) is 3.00. The van der Waals surface area contributed by atoms with Gasteiger partial charge in [-0.3, -0.25) is 4.79 Å². The number of aryl methyl sites for hydroxylation is 2. The number of methoxy groups -OCH3 is 2. The molecule has 0 saturated carbocycles. The van der Waals surface area contributed by atoms with Crippen molar-refractivity contribution in [2.45, 2.75) is 20.3 Å². The molecule has 0 atom stereocenters. The van der Waals surface area contributed by atoms with E-state index in [4.69, 9.17) is 9.47 Å². The van der Waals surface area contributed by atoms with Crippen molar-refractivity contribution < 1.29 is 14.3 Å². The molecule has 2 aromatic heterocycles. The number of rotatable bonds is 6. The van der Waals surface area contributed by atoms with E-state index in [2.05, 4.69) is 15.4 Å². The van der Waals surface area contributed by atoms with E-state index in [9.17, 15) is 4.79 Å². The zero-order valence-electron chi connectivity index (χ0n) is 15.8. The summed E-state index contributed by atoms with van der Waals surface area (Å²) >= 11 is 0. The lowest BCUT2D eigenvalue weighted by atomic mass is 10.1. The number of amides is 1. The summed E-state index contributed by atoms with van der Waals surface area (Å²) in [6.45, 7) is 3.91. The van der Waals surface area contributed by atoms with E-state index in [0.29, 0.717) is 23.0 Å². The Balaban J connectivity index is 1.70. The Kier molecular flexibility index (Phi) is 5.40. The molecule has 2 heterocycles. The van der Waals surface area contributed by atoms with E-state index in [1.54, 1.807) is 49.4 Å². The Morgan fingerprint density at radius 2 is 1.93 bits per heavy atom. The van der Waals surface area contributed by atoms with Gasteiger partial charge >= 0.3 is 0 Å². The van der Waals surface area contributed by atoms with Crippen LogP contribution in [0.2, 0.25) is 0 Å². The second-order valence-corrected chi connectivity index (χ2v) is 6.15. The van der Waals surface area contributed by atoms with Crippen molar-refractivity contribution in [3.8, 4) is 17.3 Å². The SMILES string of the molecule is COc1ccc(OC)c(CC(=O)Nc2ccc(-n3nc(C)cc3C)nc2)c1. The number of carbonyl (C=O) groups is 1. The Morgan fingerprint density at radius 3 is 2.52 bits per heavy atom. The monoisotopic (exact) mass is 366 g/mol. The van der Waals surface area contributed by atoms with E-state index in [1.807, 2.05) is 26.0 Å². The lowest BCUT2D eigenvalue weighted by Crippen LogP contribution is -2.15. The molecule has 0 aliphatic rings. The predicted octanol–water partition coefficient (Wildman–Crippen LogP) is 3.08. The summed E-state index contributed by atoms with van der Waals surface area (Å²) in [6, 6.07) is 11.0. The number of benzene rings is 1. The Labute approximate surface area is 158 Å². The number of hydrogen-bond donors (Lipinski definition) is 1. The first kappa shape index (κ1) is 18.4. The molecular weight excluding hydrogens is 344 g/mol. The van der Waals surface area contributed by atoms with Gasteiger partial charge in [-0.05, 0) is 50.2 Å². The minimum absolute atomic E-state index is 0.165. The highest BCUT2D eigenvalue weighted by Gasteiger charge is 2.11. The third-order valence-corrected chi connectivity index (χ3v) is 4.10. The first-order valence-electron chi connectivity index (χ1n) is 8.50. The number of nitrogens with zero attached hydrogens (tertiary/aromatic N) is 3. The average molecular weight is 366 g/mol. The van der Waals surface area contributed by atoms with E-state index in [0.717, 1.165) is 17.0 Å². The van der Waals surface area contributed by atoms with Gasteiger partial charge in [-0.15, -0.1) is 0 Å². The van der Waals surface area contributed by atoms with Crippen LogP contribution < -0.4 is 14.8 Å². The van der Waals surface area contributed by atoms with Crippen LogP contribution in [0, 0.1) is 13.8 Å². The van der Waals surface area contributed by atoms with Crippen LogP contribution in [0.25, 0.3) is 5.82 Å². The molecule has 1 N–H and O–H groups in total. The van der Waals surface area contributed by atoms with Crippen molar-refractivity contribution in [2.24, 2.45) is 0 Å².